The number of methoxy groups -OCH3 is 1. The van der Waals surface area contributed by atoms with Gasteiger partial charge >= 0.3 is 5.97 Å². The summed E-state index contributed by atoms with van der Waals surface area (Å²) in [6.45, 7) is 0.582. The van der Waals surface area contributed by atoms with Crippen LogP contribution in [0.2, 0.25) is 0 Å². The zero-order valence-electron chi connectivity index (χ0n) is 19.7. The molecular formula is C28H26N2O6. The second-order valence-corrected chi connectivity index (χ2v) is 8.31. The van der Waals surface area contributed by atoms with E-state index >= 15 is 0 Å². The lowest BCUT2D eigenvalue weighted by Crippen LogP contribution is -2.40. The molecule has 1 atom stereocenters. The molecule has 0 bridgehead atoms. The monoisotopic (exact) mass is 486 g/mol. The van der Waals surface area contributed by atoms with Gasteiger partial charge < -0.3 is 25.0 Å². The number of hydrogen-bond donors (Lipinski definition) is 3. The van der Waals surface area contributed by atoms with Crippen LogP contribution in [-0.2, 0) is 17.8 Å². The summed E-state index contributed by atoms with van der Waals surface area (Å²) in [7, 11) is 1.53. The molecule has 1 amide bonds. The number of carboxylic acids is 1. The molecule has 0 saturated carbocycles. The molecule has 0 saturated heterocycles. The van der Waals surface area contributed by atoms with Crippen molar-refractivity contribution in [3.8, 4) is 11.5 Å². The minimum absolute atomic E-state index is 0.00957. The van der Waals surface area contributed by atoms with Crippen LogP contribution in [0.5, 0.6) is 11.5 Å². The lowest BCUT2D eigenvalue weighted by molar-refractivity contribution is 0.0699. The number of rotatable bonds is 10. The van der Waals surface area contributed by atoms with Crippen molar-refractivity contribution in [2.75, 3.05) is 13.7 Å². The molecule has 0 spiro atoms. The quantitative estimate of drug-likeness (QED) is 0.307. The molecule has 36 heavy (non-hydrogen) atoms. The van der Waals surface area contributed by atoms with Gasteiger partial charge in [-0.1, -0.05) is 42.5 Å². The molecule has 0 radical (unpaired) electrons. The van der Waals surface area contributed by atoms with Crippen LogP contribution in [0.1, 0.15) is 32.0 Å². The maximum atomic E-state index is 13.0. The molecule has 0 fully saturated rings. The van der Waals surface area contributed by atoms with E-state index in [0.717, 1.165) is 11.1 Å². The van der Waals surface area contributed by atoms with Gasteiger partial charge in [0, 0.05) is 12.5 Å². The third kappa shape index (κ3) is 6.17. The van der Waals surface area contributed by atoms with Crippen molar-refractivity contribution in [3.63, 3.8) is 0 Å². The molecule has 8 heteroatoms. The van der Waals surface area contributed by atoms with Gasteiger partial charge in [-0.3, -0.25) is 4.79 Å². The van der Waals surface area contributed by atoms with E-state index in [-0.39, 0.29) is 29.7 Å². The smallest absolute Gasteiger partial charge is 0.336 e. The fourth-order valence-corrected chi connectivity index (χ4v) is 3.86. The number of fused-ring (bicyclic) bond motifs is 1. The Morgan fingerprint density at radius 3 is 2.42 bits per heavy atom. The predicted octanol–water partition coefficient (Wildman–Crippen LogP) is 4.21. The highest BCUT2D eigenvalue weighted by atomic mass is 16.5. The van der Waals surface area contributed by atoms with Crippen molar-refractivity contribution in [2.24, 2.45) is 0 Å². The number of amides is 1. The van der Waals surface area contributed by atoms with Crippen LogP contribution in [0.25, 0.3) is 10.9 Å². The van der Waals surface area contributed by atoms with Crippen LogP contribution in [-0.4, -0.2) is 46.8 Å². The average molecular weight is 487 g/mol. The molecule has 4 aromatic rings. The number of carbonyl (C=O) groups is 2. The molecule has 0 unspecified atom stereocenters. The van der Waals surface area contributed by atoms with Crippen molar-refractivity contribution < 1.29 is 29.3 Å². The molecule has 3 aromatic carbocycles. The molecular weight excluding hydrogens is 460 g/mol. The third-order valence-corrected chi connectivity index (χ3v) is 5.61. The second kappa shape index (κ2) is 11.3. The van der Waals surface area contributed by atoms with Gasteiger partial charge in [-0.2, -0.15) is 0 Å². The summed E-state index contributed by atoms with van der Waals surface area (Å²) in [6, 6.07) is 22.1. The number of aromatic hydroxyl groups is 1. The number of aromatic nitrogens is 1. The van der Waals surface area contributed by atoms with Gasteiger partial charge in [-0.25, -0.2) is 9.78 Å². The second-order valence-electron chi connectivity index (χ2n) is 8.31. The number of aromatic carboxylic acids is 1. The molecule has 0 aliphatic carbocycles. The molecule has 1 heterocycles. The molecule has 184 valence electrons. The number of carbonyl (C=O) groups excluding carboxylic acids is 1. The number of carboxylic acid groups (broad SMARTS) is 1. The standard InChI is InChI=1S/C28H26N2O6/c1-35-17-20(13-18-7-9-21(31)10-8-18)29-27(32)26-15-24(28(33)34)23-14-22(11-12-25(23)30-26)36-16-19-5-3-2-4-6-19/h2-12,14-15,20,31H,13,16-17H2,1H3,(H,29,32)(H,33,34)/t20-/m0/s1. The summed E-state index contributed by atoms with van der Waals surface area (Å²) in [5.74, 6) is -1.03. The number of ether oxygens (including phenoxy) is 2. The van der Waals surface area contributed by atoms with Crippen LogP contribution in [0, 0.1) is 0 Å². The maximum Gasteiger partial charge on any atom is 0.336 e. The highest BCUT2D eigenvalue weighted by Crippen LogP contribution is 2.25. The maximum absolute atomic E-state index is 13.0. The van der Waals surface area contributed by atoms with E-state index in [4.69, 9.17) is 9.47 Å². The van der Waals surface area contributed by atoms with E-state index < -0.39 is 11.9 Å². The normalized spacial score (nSPS) is 11.7. The van der Waals surface area contributed by atoms with Crippen LogP contribution in [0.3, 0.4) is 0 Å². The first kappa shape index (κ1) is 24.7. The number of nitrogens with one attached hydrogen (secondary N) is 1. The Hall–Kier alpha value is -4.43. The fourth-order valence-electron chi connectivity index (χ4n) is 3.86. The highest BCUT2D eigenvalue weighted by Gasteiger charge is 2.20. The van der Waals surface area contributed by atoms with Crippen LogP contribution in [0.4, 0.5) is 0 Å². The molecule has 8 nitrogen and oxygen atoms in total. The Morgan fingerprint density at radius 2 is 1.72 bits per heavy atom. The van der Waals surface area contributed by atoms with Crippen molar-refractivity contribution in [1.29, 1.82) is 0 Å². The Kier molecular flexibility index (Phi) is 7.77. The number of nitrogens with zero attached hydrogens (tertiary/aromatic N) is 1. The molecule has 0 aliphatic heterocycles. The third-order valence-electron chi connectivity index (χ3n) is 5.61. The minimum atomic E-state index is -1.17. The largest absolute Gasteiger partial charge is 0.508 e. The summed E-state index contributed by atoms with van der Waals surface area (Å²) >= 11 is 0. The van der Waals surface area contributed by atoms with E-state index in [0.29, 0.717) is 29.7 Å². The van der Waals surface area contributed by atoms with Crippen molar-refractivity contribution in [2.45, 2.75) is 19.1 Å². The summed E-state index contributed by atoms with van der Waals surface area (Å²) in [5, 5.41) is 22.6. The zero-order valence-corrected chi connectivity index (χ0v) is 19.7. The minimum Gasteiger partial charge on any atom is -0.508 e. The first-order valence-corrected chi connectivity index (χ1v) is 11.4. The number of phenolic OH excluding ortho intramolecular Hbond substituents is 1. The number of hydrogen-bond acceptors (Lipinski definition) is 6. The highest BCUT2D eigenvalue weighted by molar-refractivity contribution is 6.06. The average Bonchev–Trinajstić information content (AvgIpc) is 2.88. The summed E-state index contributed by atoms with van der Waals surface area (Å²) in [6.07, 6.45) is 0.460. The predicted molar refractivity (Wildman–Crippen MR) is 134 cm³/mol. The van der Waals surface area contributed by atoms with Crippen LogP contribution >= 0.6 is 0 Å². The van der Waals surface area contributed by atoms with Gasteiger partial charge in [-0.05, 0) is 53.9 Å². The van der Waals surface area contributed by atoms with E-state index in [1.807, 2.05) is 30.3 Å². The lowest BCUT2D eigenvalue weighted by atomic mass is 10.0. The summed E-state index contributed by atoms with van der Waals surface area (Å²) in [4.78, 5) is 29.5. The van der Waals surface area contributed by atoms with Gasteiger partial charge in [0.05, 0.1) is 23.7 Å². The lowest BCUT2D eigenvalue weighted by Gasteiger charge is -2.18. The van der Waals surface area contributed by atoms with Crippen molar-refractivity contribution >= 4 is 22.8 Å². The first-order valence-electron chi connectivity index (χ1n) is 11.4. The van der Waals surface area contributed by atoms with Gasteiger partial charge in [0.15, 0.2) is 0 Å². The van der Waals surface area contributed by atoms with Crippen molar-refractivity contribution in [1.82, 2.24) is 10.3 Å². The number of phenols is 1. The first-order chi connectivity index (χ1) is 17.4. The number of benzene rings is 3. The number of pyridine rings is 1. The molecule has 1 aromatic heterocycles. The zero-order chi connectivity index (χ0) is 25.5. The van der Waals surface area contributed by atoms with Gasteiger partial charge in [0.25, 0.3) is 5.91 Å². The Morgan fingerprint density at radius 1 is 0.972 bits per heavy atom. The van der Waals surface area contributed by atoms with Crippen LogP contribution in [0.15, 0.2) is 78.9 Å². The van der Waals surface area contributed by atoms with E-state index in [9.17, 15) is 19.8 Å². The van der Waals surface area contributed by atoms with Gasteiger partial charge in [0.1, 0.15) is 23.8 Å². The SMILES string of the molecule is COC[C@H](Cc1ccc(O)cc1)NC(=O)c1cc(C(=O)O)c2cc(OCc3ccccc3)ccc2n1. The molecule has 3 N–H and O–H groups in total. The molecule has 4 rings (SSSR count). The van der Waals surface area contributed by atoms with Gasteiger partial charge in [0.2, 0.25) is 0 Å². The topological polar surface area (TPSA) is 118 Å². The fraction of sp³-hybridized carbons (Fsp3) is 0.179. The van der Waals surface area contributed by atoms with Crippen molar-refractivity contribution in [3.05, 3.63) is 101 Å². The van der Waals surface area contributed by atoms with E-state index in [1.165, 1.54) is 13.2 Å². The molecule has 0 aliphatic rings. The Labute approximate surface area is 208 Å². The van der Waals surface area contributed by atoms with Crippen LogP contribution < -0.4 is 10.1 Å². The Bertz CT molecular complexity index is 1360. The van der Waals surface area contributed by atoms with E-state index in [1.54, 1.807) is 42.5 Å². The van der Waals surface area contributed by atoms with Gasteiger partial charge in [-0.15, -0.1) is 0 Å². The van der Waals surface area contributed by atoms with E-state index in [2.05, 4.69) is 10.3 Å². The Balaban J connectivity index is 1.55. The summed E-state index contributed by atoms with van der Waals surface area (Å²) in [5.41, 5.74) is 2.20. The summed E-state index contributed by atoms with van der Waals surface area (Å²) < 4.78 is 11.1.